The van der Waals surface area contributed by atoms with Gasteiger partial charge in [0.05, 0.1) is 18.0 Å². The number of nitrogens with two attached hydrogens (primary N) is 1. The van der Waals surface area contributed by atoms with Crippen LogP contribution < -0.4 is 15.8 Å². The van der Waals surface area contributed by atoms with Crippen LogP contribution in [0, 0.1) is 11.8 Å². The number of ether oxygens (including phenoxy) is 2. The molecule has 4 rings (SSSR count). The van der Waals surface area contributed by atoms with Gasteiger partial charge in [0, 0.05) is 36.3 Å². The molecule has 1 fully saturated rings. The summed E-state index contributed by atoms with van der Waals surface area (Å²) in [6.45, 7) is 8.03. The highest BCUT2D eigenvalue weighted by Crippen LogP contribution is 2.47. The number of guanidine groups is 1. The first-order chi connectivity index (χ1) is 17.5. The standard InChI is InChI=1S/C27H39ClN4O5/c1-6-27(7-2)14-21(33)32(25(29)31-27)19(10-11-36-5)16-13-17(16)24(35)30-22-18-12-15(28)8-9-20(18)37-26(3,4)23(22)34/h8-9,12,16-17,19,22-23,34H,6-7,10-11,13-14H2,1-5H3,(H2,29,31)(H,30,35). The average molecular weight is 535 g/mol. The second kappa shape index (κ2) is 10.4. The van der Waals surface area contributed by atoms with Gasteiger partial charge >= 0.3 is 0 Å². The third-order valence-corrected chi connectivity index (χ3v) is 8.52. The number of carbonyl (C=O) groups excluding carboxylic acids is 2. The number of halogens is 1. The van der Waals surface area contributed by atoms with Crippen LogP contribution in [0.4, 0.5) is 0 Å². The van der Waals surface area contributed by atoms with Gasteiger partial charge in [0.2, 0.25) is 11.8 Å². The molecule has 10 heteroatoms. The van der Waals surface area contributed by atoms with Crippen LogP contribution in [0.5, 0.6) is 5.75 Å². The summed E-state index contributed by atoms with van der Waals surface area (Å²) in [6.07, 6.45) is 1.94. The molecule has 5 atom stereocenters. The maximum atomic E-state index is 13.5. The highest BCUT2D eigenvalue weighted by Gasteiger charge is 2.53. The third-order valence-electron chi connectivity index (χ3n) is 8.29. The number of aliphatic imine (C=N–C) groups is 1. The van der Waals surface area contributed by atoms with E-state index >= 15 is 0 Å². The summed E-state index contributed by atoms with van der Waals surface area (Å²) in [5.74, 6) is 0.135. The zero-order valence-corrected chi connectivity index (χ0v) is 23.0. The van der Waals surface area contributed by atoms with Gasteiger partial charge in [0.15, 0.2) is 5.96 Å². The van der Waals surface area contributed by atoms with E-state index in [1.807, 2.05) is 13.8 Å². The second-order valence-electron chi connectivity index (χ2n) is 11.0. The van der Waals surface area contributed by atoms with E-state index in [1.54, 1.807) is 44.1 Å². The van der Waals surface area contributed by atoms with Crippen LogP contribution in [-0.4, -0.2) is 64.8 Å². The number of hydrogen-bond acceptors (Lipinski definition) is 7. The summed E-state index contributed by atoms with van der Waals surface area (Å²) >= 11 is 6.22. The van der Waals surface area contributed by atoms with Gasteiger partial charge in [-0.3, -0.25) is 14.5 Å². The number of fused-ring (bicyclic) bond motifs is 1. The van der Waals surface area contributed by atoms with Gasteiger partial charge in [0.25, 0.3) is 0 Å². The number of methoxy groups -OCH3 is 1. The summed E-state index contributed by atoms with van der Waals surface area (Å²) in [6, 6.07) is 4.21. The quantitative estimate of drug-likeness (QED) is 0.446. The molecule has 2 heterocycles. The molecule has 0 aromatic heterocycles. The number of rotatable bonds is 9. The van der Waals surface area contributed by atoms with Crippen LogP contribution in [0.2, 0.25) is 5.02 Å². The molecule has 0 radical (unpaired) electrons. The van der Waals surface area contributed by atoms with E-state index in [0.29, 0.717) is 42.2 Å². The molecule has 1 saturated carbocycles. The Morgan fingerprint density at radius 3 is 2.70 bits per heavy atom. The van der Waals surface area contributed by atoms with Crippen LogP contribution in [0.3, 0.4) is 0 Å². The van der Waals surface area contributed by atoms with Crippen LogP contribution in [0.15, 0.2) is 23.2 Å². The van der Waals surface area contributed by atoms with E-state index in [4.69, 9.17) is 31.8 Å². The molecule has 0 bridgehead atoms. The number of nitrogens with one attached hydrogen (secondary N) is 1. The zero-order valence-electron chi connectivity index (χ0n) is 22.3. The molecule has 1 aliphatic carbocycles. The lowest BCUT2D eigenvalue weighted by atomic mass is 9.86. The Hall–Kier alpha value is -2.36. The molecule has 3 aliphatic rings. The highest BCUT2D eigenvalue weighted by atomic mass is 35.5. The molecule has 5 unspecified atom stereocenters. The Balaban J connectivity index is 1.54. The zero-order chi connectivity index (χ0) is 27.1. The van der Waals surface area contributed by atoms with Gasteiger partial charge < -0.3 is 25.6 Å². The topological polar surface area (TPSA) is 126 Å². The lowest BCUT2D eigenvalue weighted by molar-refractivity contribution is -0.133. The van der Waals surface area contributed by atoms with Crippen molar-refractivity contribution in [2.24, 2.45) is 22.6 Å². The molecule has 1 aromatic rings. The molecule has 0 saturated heterocycles. The first-order valence-electron chi connectivity index (χ1n) is 13.1. The van der Waals surface area contributed by atoms with Crippen LogP contribution in [0.1, 0.15) is 71.4 Å². The normalized spacial score (nSPS) is 28.6. The van der Waals surface area contributed by atoms with Gasteiger partial charge in [-0.1, -0.05) is 25.4 Å². The maximum absolute atomic E-state index is 13.5. The molecular weight excluding hydrogens is 496 g/mol. The lowest BCUT2D eigenvalue weighted by Crippen LogP contribution is -2.56. The molecule has 204 valence electrons. The molecular formula is C27H39ClN4O5. The SMILES string of the molecule is CCC1(CC)CC(=O)N(C(CCOC)C2CC2C(=O)NC2c3cc(Cl)ccc3OC(C)(C)C2O)C(N)=N1. The number of amides is 2. The average Bonchev–Trinajstić information content (AvgIpc) is 3.64. The number of aliphatic hydroxyl groups is 1. The molecule has 37 heavy (non-hydrogen) atoms. The second-order valence-corrected chi connectivity index (χ2v) is 11.5. The molecule has 0 spiro atoms. The van der Waals surface area contributed by atoms with Crippen molar-refractivity contribution in [2.75, 3.05) is 13.7 Å². The van der Waals surface area contributed by atoms with Gasteiger partial charge in [-0.05, 0) is 63.6 Å². The van der Waals surface area contributed by atoms with Gasteiger partial charge in [-0.15, -0.1) is 0 Å². The van der Waals surface area contributed by atoms with Crippen LogP contribution in [0.25, 0.3) is 0 Å². The van der Waals surface area contributed by atoms with Gasteiger partial charge in [-0.2, -0.15) is 0 Å². The Labute approximate surface area is 223 Å². The largest absolute Gasteiger partial charge is 0.485 e. The van der Waals surface area contributed by atoms with Gasteiger partial charge in [0.1, 0.15) is 17.5 Å². The van der Waals surface area contributed by atoms with Crippen molar-refractivity contribution in [1.29, 1.82) is 0 Å². The predicted octanol–water partition coefficient (Wildman–Crippen LogP) is 3.18. The predicted molar refractivity (Wildman–Crippen MR) is 141 cm³/mol. The summed E-state index contributed by atoms with van der Waals surface area (Å²) in [4.78, 5) is 33.1. The molecule has 1 aromatic carbocycles. The van der Waals surface area contributed by atoms with Crippen molar-refractivity contribution in [3.05, 3.63) is 28.8 Å². The molecule has 4 N–H and O–H groups in total. The number of carbonyl (C=O) groups is 2. The first kappa shape index (κ1) is 27.7. The minimum absolute atomic E-state index is 0.0615. The number of nitrogens with zero attached hydrogens (tertiary/aromatic N) is 2. The van der Waals surface area contributed by atoms with Crippen molar-refractivity contribution in [2.45, 2.75) is 89.1 Å². The third kappa shape index (κ3) is 5.31. The van der Waals surface area contributed by atoms with Crippen molar-refractivity contribution in [3.8, 4) is 5.75 Å². The number of benzene rings is 1. The van der Waals surface area contributed by atoms with Gasteiger partial charge in [-0.25, -0.2) is 4.99 Å². The smallest absolute Gasteiger partial charge is 0.231 e. The molecule has 9 nitrogen and oxygen atoms in total. The molecule has 2 amide bonds. The van der Waals surface area contributed by atoms with E-state index in [0.717, 1.165) is 12.8 Å². The fraction of sp³-hybridized carbons (Fsp3) is 0.667. The fourth-order valence-electron chi connectivity index (χ4n) is 5.75. The Kier molecular flexibility index (Phi) is 7.79. The summed E-state index contributed by atoms with van der Waals surface area (Å²) in [5.41, 5.74) is 5.64. The van der Waals surface area contributed by atoms with Crippen molar-refractivity contribution >= 4 is 29.4 Å². The number of hydrogen-bond donors (Lipinski definition) is 3. The van der Waals surface area contributed by atoms with E-state index in [2.05, 4.69) is 5.32 Å². The maximum Gasteiger partial charge on any atom is 0.231 e. The van der Waals surface area contributed by atoms with Crippen molar-refractivity contribution in [1.82, 2.24) is 10.2 Å². The van der Waals surface area contributed by atoms with E-state index in [1.165, 1.54) is 0 Å². The summed E-state index contributed by atoms with van der Waals surface area (Å²) in [5, 5.41) is 14.6. The van der Waals surface area contributed by atoms with Crippen LogP contribution >= 0.6 is 11.6 Å². The minimum Gasteiger partial charge on any atom is -0.485 e. The summed E-state index contributed by atoms with van der Waals surface area (Å²) in [7, 11) is 1.61. The Morgan fingerprint density at radius 2 is 2.08 bits per heavy atom. The van der Waals surface area contributed by atoms with E-state index in [9.17, 15) is 14.7 Å². The molecule has 2 aliphatic heterocycles. The van der Waals surface area contributed by atoms with Crippen molar-refractivity contribution < 1.29 is 24.2 Å². The van der Waals surface area contributed by atoms with E-state index < -0.39 is 23.3 Å². The summed E-state index contributed by atoms with van der Waals surface area (Å²) < 4.78 is 11.3. The van der Waals surface area contributed by atoms with Crippen LogP contribution in [-0.2, 0) is 14.3 Å². The fourth-order valence-corrected chi connectivity index (χ4v) is 5.93. The monoisotopic (exact) mass is 534 g/mol. The highest BCUT2D eigenvalue weighted by molar-refractivity contribution is 6.30. The Morgan fingerprint density at radius 1 is 1.38 bits per heavy atom. The van der Waals surface area contributed by atoms with E-state index in [-0.39, 0.29) is 35.7 Å². The first-order valence-corrected chi connectivity index (χ1v) is 13.5. The lowest BCUT2D eigenvalue weighted by Gasteiger charge is -2.42. The van der Waals surface area contributed by atoms with Crippen molar-refractivity contribution in [3.63, 3.8) is 0 Å². The number of aliphatic hydroxyl groups excluding tert-OH is 1. The Bertz CT molecular complexity index is 1070. The minimum atomic E-state index is -0.980.